The van der Waals surface area contributed by atoms with Gasteiger partial charge >= 0.3 is 0 Å². The maximum Gasteiger partial charge on any atom is 0.0365 e. The third-order valence-corrected chi connectivity index (χ3v) is 3.80. The molecule has 0 atom stereocenters. The number of benzene rings is 2. The van der Waals surface area contributed by atoms with Crippen LogP contribution in [0.4, 0.5) is 17.1 Å². The summed E-state index contributed by atoms with van der Waals surface area (Å²) in [6, 6.07) is 16.7. The molecule has 2 rings (SSSR count). The van der Waals surface area contributed by atoms with Crippen molar-refractivity contribution in [3.8, 4) is 0 Å². The molecule has 0 heterocycles. The van der Waals surface area contributed by atoms with Crippen molar-refractivity contribution in [3.05, 3.63) is 54.1 Å². The number of anilines is 3. The number of aryl methyl sites for hydroxylation is 1. The van der Waals surface area contributed by atoms with Gasteiger partial charge in [-0.15, -0.1) is 0 Å². The highest BCUT2D eigenvalue weighted by Gasteiger charge is 2.03. The van der Waals surface area contributed by atoms with E-state index in [9.17, 15) is 0 Å². The van der Waals surface area contributed by atoms with E-state index in [2.05, 4.69) is 67.2 Å². The van der Waals surface area contributed by atoms with Gasteiger partial charge in [0.2, 0.25) is 0 Å². The zero-order chi connectivity index (χ0) is 15.2. The van der Waals surface area contributed by atoms with E-state index in [1.165, 1.54) is 16.9 Å². The first-order valence-corrected chi connectivity index (χ1v) is 7.41. The Morgan fingerprint density at radius 2 is 1.19 bits per heavy atom. The van der Waals surface area contributed by atoms with Gasteiger partial charge in [0.05, 0.1) is 0 Å². The van der Waals surface area contributed by atoms with Gasteiger partial charge in [-0.25, -0.2) is 0 Å². The Balaban J connectivity index is 1.80. The van der Waals surface area contributed by atoms with Crippen LogP contribution in [0.1, 0.15) is 12.0 Å². The van der Waals surface area contributed by atoms with Crippen molar-refractivity contribution in [2.75, 3.05) is 42.7 Å². The van der Waals surface area contributed by atoms with Crippen LogP contribution in [0.5, 0.6) is 0 Å². The van der Waals surface area contributed by atoms with Crippen LogP contribution in [0.15, 0.2) is 48.5 Å². The zero-order valence-corrected chi connectivity index (χ0v) is 13.2. The summed E-state index contributed by atoms with van der Waals surface area (Å²) in [5.74, 6) is 0. The number of nitrogen functional groups attached to an aromatic ring is 1. The van der Waals surface area contributed by atoms with Crippen LogP contribution < -0.4 is 15.5 Å². The number of rotatable bonds is 6. The average molecular weight is 283 g/mol. The van der Waals surface area contributed by atoms with Gasteiger partial charge in [0.1, 0.15) is 0 Å². The first-order chi connectivity index (χ1) is 10.1. The van der Waals surface area contributed by atoms with Gasteiger partial charge in [-0.05, 0) is 49.7 Å². The molecule has 0 spiro atoms. The van der Waals surface area contributed by atoms with Gasteiger partial charge in [-0.2, -0.15) is 0 Å². The zero-order valence-electron chi connectivity index (χ0n) is 13.2. The lowest BCUT2D eigenvalue weighted by atomic mass is 10.2. The summed E-state index contributed by atoms with van der Waals surface area (Å²) in [5.41, 5.74) is 10.3. The Kier molecular flexibility index (Phi) is 5.09. The lowest BCUT2D eigenvalue weighted by molar-refractivity contribution is 0.763. The molecule has 2 aromatic rings. The first-order valence-electron chi connectivity index (χ1n) is 7.41. The number of nitrogens with two attached hydrogens (primary N) is 1. The van der Waals surface area contributed by atoms with Gasteiger partial charge in [0.15, 0.2) is 0 Å². The molecule has 0 aromatic heterocycles. The lowest BCUT2D eigenvalue weighted by Crippen LogP contribution is -2.25. The van der Waals surface area contributed by atoms with Crippen molar-refractivity contribution in [1.29, 1.82) is 0 Å². The van der Waals surface area contributed by atoms with Gasteiger partial charge in [0.25, 0.3) is 0 Å². The molecule has 0 radical (unpaired) electrons. The summed E-state index contributed by atoms with van der Waals surface area (Å²) in [6.07, 6.45) is 1.12. The fraction of sp³-hybridized carbons (Fsp3) is 0.333. The molecular weight excluding hydrogens is 258 g/mol. The van der Waals surface area contributed by atoms with Gasteiger partial charge in [-0.1, -0.05) is 17.7 Å². The summed E-state index contributed by atoms with van der Waals surface area (Å²) in [5, 5.41) is 0. The highest BCUT2D eigenvalue weighted by molar-refractivity contribution is 5.52. The molecule has 2 aromatic carbocycles. The molecule has 0 saturated heterocycles. The molecule has 21 heavy (non-hydrogen) atoms. The molecular formula is C18H25N3. The summed E-state index contributed by atoms with van der Waals surface area (Å²) >= 11 is 0. The van der Waals surface area contributed by atoms with Crippen molar-refractivity contribution in [3.63, 3.8) is 0 Å². The summed E-state index contributed by atoms with van der Waals surface area (Å²) in [7, 11) is 4.27. The van der Waals surface area contributed by atoms with Gasteiger partial charge < -0.3 is 15.5 Å². The predicted molar refractivity (Wildman–Crippen MR) is 93.2 cm³/mol. The van der Waals surface area contributed by atoms with Crippen molar-refractivity contribution >= 4 is 17.1 Å². The highest BCUT2D eigenvalue weighted by Crippen LogP contribution is 2.16. The maximum absolute atomic E-state index is 5.72. The van der Waals surface area contributed by atoms with Crippen molar-refractivity contribution in [1.82, 2.24) is 0 Å². The fourth-order valence-corrected chi connectivity index (χ4v) is 2.33. The Morgan fingerprint density at radius 3 is 1.67 bits per heavy atom. The molecule has 3 heteroatoms. The minimum Gasteiger partial charge on any atom is -0.399 e. The van der Waals surface area contributed by atoms with E-state index < -0.39 is 0 Å². The van der Waals surface area contributed by atoms with Crippen LogP contribution in [0, 0.1) is 6.92 Å². The normalized spacial score (nSPS) is 10.4. The van der Waals surface area contributed by atoms with Crippen LogP contribution in [0.3, 0.4) is 0 Å². The molecule has 0 bridgehead atoms. The number of hydrogen-bond donors (Lipinski definition) is 1. The molecule has 2 N–H and O–H groups in total. The minimum absolute atomic E-state index is 0.811. The molecule has 0 aliphatic heterocycles. The molecule has 112 valence electrons. The summed E-state index contributed by atoms with van der Waals surface area (Å²) < 4.78 is 0. The van der Waals surface area contributed by atoms with E-state index in [4.69, 9.17) is 5.73 Å². The number of hydrogen-bond acceptors (Lipinski definition) is 3. The topological polar surface area (TPSA) is 32.5 Å². The molecule has 0 unspecified atom stereocenters. The quantitative estimate of drug-likeness (QED) is 0.823. The molecule has 0 aliphatic rings. The van der Waals surface area contributed by atoms with Gasteiger partial charge in [0, 0.05) is 44.2 Å². The Hall–Kier alpha value is -2.16. The van der Waals surface area contributed by atoms with E-state index in [1.54, 1.807) is 0 Å². The second-order valence-corrected chi connectivity index (χ2v) is 5.62. The van der Waals surface area contributed by atoms with Crippen LogP contribution in [-0.2, 0) is 0 Å². The minimum atomic E-state index is 0.811. The van der Waals surface area contributed by atoms with E-state index in [-0.39, 0.29) is 0 Å². The Morgan fingerprint density at radius 1 is 0.762 bits per heavy atom. The second kappa shape index (κ2) is 7.02. The molecule has 0 fully saturated rings. The monoisotopic (exact) mass is 283 g/mol. The Labute approximate surface area is 128 Å². The van der Waals surface area contributed by atoms with Crippen molar-refractivity contribution in [2.24, 2.45) is 0 Å². The van der Waals surface area contributed by atoms with E-state index in [0.717, 1.165) is 25.2 Å². The predicted octanol–water partition coefficient (Wildman–Crippen LogP) is 3.54. The highest BCUT2D eigenvalue weighted by atomic mass is 15.1. The second-order valence-electron chi connectivity index (χ2n) is 5.62. The Bertz CT molecular complexity index is 494. The molecule has 3 nitrogen and oxygen atoms in total. The largest absolute Gasteiger partial charge is 0.399 e. The van der Waals surface area contributed by atoms with Crippen LogP contribution in [0.25, 0.3) is 0 Å². The van der Waals surface area contributed by atoms with Crippen LogP contribution in [0.2, 0.25) is 0 Å². The SMILES string of the molecule is Cc1ccc(N(C)CCCN(C)c2ccc(N)cc2)cc1. The fourth-order valence-electron chi connectivity index (χ4n) is 2.33. The third-order valence-electron chi connectivity index (χ3n) is 3.80. The van der Waals surface area contributed by atoms with E-state index in [0.29, 0.717) is 0 Å². The molecule has 0 saturated carbocycles. The van der Waals surface area contributed by atoms with Crippen molar-refractivity contribution in [2.45, 2.75) is 13.3 Å². The van der Waals surface area contributed by atoms with E-state index in [1.807, 2.05) is 12.1 Å². The maximum atomic E-state index is 5.72. The first kappa shape index (κ1) is 15.2. The van der Waals surface area contributed by atoms with E-state index >= 15 is 0 Å². The lowest BCUT2D eigenvalue weighted by Gasteiger charge is -2.23. The third kappa shape index (κ3) is 4.42. The summed E-state index contributed by atoms with van der Waals surface area (Å²) in [4.78, 5) is 4.57. The smallest absolute Gasteiger partial charge is 0.0365 e. The average Bonchev–Trinajstić information content (AvgIpc) is 2.48. The van der Waals surface area contributed by atoms with Crippen LogP contribution in [-0.4, -0.2) is 27.2 Å². The van der Waals surface area contributed by atoms with Gasteiger partial charge in [-0.3, -0.25) is 0 Å². The van der Waals surface area contributed by atoms with Crippen LogP contribution >= 0.6 is 0 Å². The number of nitrogens with zero attached hydrogens (tertiary/aromatic N) is 2. The summed E-state index contributed by atoms with van der Waals surface area (Å²) in [6.45, 7) is 4.19. The molecule has 0 amide bonds. The molecule has 0 aliphatic carbocycles. The standard InChI is InChI=1S/C18H25N3/c1-15-5-9-17(10-6-15)20(2)13-4-14-21(3)18-11-7-16(19)8-12-18/h5-12H,4,13-14,19H2,1-3H3. The van der Waals surface area contributed by atoms with Crippen molar-refractivity contribution < 1.29 is 0 Å².